The quantitative estimate of drug-likeness (QED) is 0.745. The van der Waals surface area contributed by atoms with Crippen molar-refractivity contribution in [1.82, 2.24) is 14.8 Å². The van der Waals surface area contributed by atoms with Crippen molar-refractivity contribution in [3.8, 4) is 5.75 Å². The number of benzene rings is 2. The van der Waals surface area contributed by atoms with Gasteiger partial charge in [0.25, 0.3) is 5.91 Å². The summed E-state index contributed by atoms with van der Waals surface area (Å²) in [6.45, 7) is 8.42. The molecule has 2 aliphatic heterocycles. The molecule has 2 aromatic rings. The molecule has 1 saturated heterocycles. The molecule has 1 fully saturated rings. The summed E-state index contributed by atoms with van der Waals surface area (Å²) < 4.78 is 5.31. The van der Waals surface area contributed by atoms with Crippen molar-refractivity contribution in [2.45, 2.75) is 26.3 Å². The molecule has 1 atom stereocenters. The molecule has 0 radical (unpaired) electrons. The van der Waals surface area contributed by atoms with Crippen LogP contribution in [0.1, 0.15) is 34.7 Å². The molecule has 0 aromatic heterocycles. The number of amides is 1. The Morgan fingerprint density at radius 3 is 2.45 bits per heavy atom. The van der Waals surface area contributed by atoms with Gasteiger partial charge in [-0.25, -0.2) is 5.01 Å². The number of hydrogen-bond donors (Lipinski definition) is 0. The van der Waals surface area contributed by atoms with Crippen LogP contribution >= 0.6 is 0 Å². The van der Waals surface area contributed by atoms with Gasteiger partial charge >= 0.3 is 0 Å². The number of piperazine rings is 1. The van der Waals surface area contributed by atoms with Crippen LogP contribution in [0.15, 0.2) is 47.6 Å². The number of ether oxygens (including phenoxy) is 1. The van der Waals surface area contributed by atoms with Gasteiger partial charge in [0, 0.05) is 38.2 Å². The topological polar surface area (TPSA) is 48.4 Å². The van der Waals surface area contributed by atoms with E-state index >= 15 is 0 Å². The van der Waals surface area contributed by atoms with Crippen LogP contribution in [0, 0.1) is 13.8 Å². The lowest BCUT2D eigenvalue weighted by Gasteiger charge is -2.33. The normalized spacial score (nSPS) is 20.1. The molecule has 6 heteroatoms. The highest BCUT2D eigenvalue weighted by Crippen LogP contribution is 2.34. The van der Waals surface area contributed by atoms with Gasteiger partial charge in [0.1, 0.15) is 5.75 Å². The van der Waals surface area contributed by atoms with Crippen molar-refractivity contribution in [2.75, 3.05) is 46.9 Å². The molecule has 2 aromatic carbocycles. The van der Waals surface area contributed by atoms with Crippen molar-refractivity contribution in [2.24, 2.45) is 5.10 Å². The molecular formula is C25H32N4O2. The summed E-state index contributed by atoms with van der Waals surface area (Å²) in [5.74, 6) is 0.874. The fraction of sp³-hybridized carbons (Fsp3) is 0.440. The SMILES string of the molecule is COc1ccc(C2CC(c3cc(C)ccc3C)=NN2C(=O)CN2CCN(C)CC2)cc1. The highest BCUT2D eigenvalue weighted by Gasteiger charge is 2.34. The largest absolute Gasteiger partial charge is 0.497 e. The summed E-state index contributed by atoms with van der Waals surface area (Å²) in [6, 6.07) is 14.3. The summed E-state index contributed by atoms with van der Waals surface area (Å²) >= 11 is 0. The Labute approximate surface area is 185 Å². The van der Waals surface area contributed by atoms with Crippen molar-refractivity contribution >= 4 is 11.6 Å². The van der Waals surface area contributed by atoms with Crippen molar-refractivity contribution < 1.29 is 9.53 Å². The van der Waals surface area contributed by atoms with Gasteiger partial charge in [-0.3, -0.25) is 9.69 Å². The van der Waals surface area contributed by atoms with E-state index in [1.807, 2.05) is 24.3 Å². The third-order valence-corrected chi connectivity index (χ3v) is 6.33. The number of aryl methyl sites for hydroxylation is 2. The maximum atomic E-state index is 13.4. The van der Waals surface area contributed by atoms with Crippen molar-refractivity contribution in [3.05, 3.63) is 64.7 Å². The Balaban J connectivity index is 1.61. The summed E-state index contributed by atoms with van der Waals surface area (Å²) in [5, 5.41) is 6.59. The molecule has 164 valence electrons. The summed E-state index contributed by atoms with van der Waals surface area (Å²) in [5.41, 5.74) is 5.58. The number of likely N-dealkylation sites (N-methyl/N-ethyl adjacent to an activating group) is 1. The highest BCUT2D eigenvalue weighted by molar-refractivity contribution is 6.04. The van der Waals surface area contributed by atoms with E-state index in [-0.39, 0.29) is 11.9 Å². The minimum atomic E-state index is -0.0965. The number of hydrazone groups is 1. The summed E-state index contributed by atoms with van der Waals surface area (Å²) in [4.78, 5) is 17.9. The second-order valence-corrected chi connectivity index (χ2v) is 8.68. The lowest BCUT2D eigenvalue weighted by Crippen LogP contribution is -2.48. The van der Waals surface area contributed by atoms with Crippen LogP contribution < -0.4 is 4.74 Å². The fourth-order valence-corrected chi connectivity index (χ4v) is 4.31. The smallest absolute Gasteiger partial charge is 0.257 e. The van der Waals surface area contributed by atoms with Gasteiger partial charge in [0.2, 0.25) is 0 Å². The van der Waals surface area contributed by atoms with Crippen LogP contribution in [0.25, 0.3) is 0 Å². The maximum absolute atomic E-state index is 13.4. The minimum absolute atomic E-state index is 0.0608. The predicted octanol–water partition coefficient (Wildman–Crippen LogP) is 3.24. The molecule has 0 aliphatic carbocycles. The molecular weight excluding hydrogens is 388 g/mol. The molecule has 1 unspecified atom stereocenters. The van der Waals surface area contributed by atoms with Crippen LogP contribution in [-0.2, 0) is 4.79 Å². The average molecular weight is 421 g/mol. The number of nitrogens with zero attached hydrogens (tertiary/aromatic N) is 4. The Bertz CT molecular complexity index is 962. The van der Waals surface area contributed by atoms with E-state index in [2.05, 4.69) is 48.9 Å². The third kappa shape index (κ3) is 4.81. The monoisotopic (exact) mass is 420 g/mol. The van der Waals surface area contributed by atoms with Gasteiger partial charge < -0.3 is 9.64 Å². The van der Waals surface area contributed by atoms with E-state index in [0.717, 1.165) is 48.8 Å². The predicted molar refractivity (Wildman–Crippen MR) is 124 cm³/mol. The Hall–Kier alpha value is -2.70. The van der Waals surface area contributed by atoms with Crippen molar-refractivity contribution in [3.63, 3.8) is 0 Å². The first kappa shape index (κ1) is 21.5. The summed E-state index contributed by atoms with van der Waals surface area (Å²) in [6.07, 6.45) is 0.713. The van der Waals surface area contributed by atoms with E-state index in [9.17, 15) is 4.79 Å². The second kappa shape index (κ2) is 9.20. The first-order valence-corrected chi connectivity index (χ1v) is 11.0. The fourth-order valence-electron chi connectivity index (χ4n) is 4.31. The molecule has 0 N–H and O–H groups in total. The molecule has 4 rings (SSSR count). The van der Waals surface area contributed by atoms with Crippen LogP contribution in [0.5, 0.6) is 5.75 Å². The molecule has 0 saturated carbocycles. The number of hydrogen-bond acceptors (Lipinski definition) is 5. The van der Waals surface area contributed by atoms with Gasteiger partial charge in [-0.1, -0.05) is 29.8 Å². The number of carbonyl (C=O) groups is 1. The van der Waals surface area contributed by atoms with Gasteiger partial charge in [-0.15, -0.1) is 0 Å². The van der Waals surface area contributed by atoms with E-state index in [4.69, 9.17) is 9.84 Å². The van der Waals surface area contributed by atoms with Crippen LogP contribution in [0.4, 0.5) is 0 Å². The van der Waals surface area contributed by atoms with Gasteiger partial charge in [-0.05, 0) is 50.2 Å². The first-order valence-electron chi connectivity index (χ1n) is 11.0. The number of methoxy groups -OCH3 is 1. The van der Waals surface area contributed by atoms with Gasteiger partial charge in [0.15, 0.2) is 0 Å². The molecule has 2 heterocycles. The zero-order valence-corrected chi connectivity index (χ0v) is 19.0. The Morgan fingerprint density at radius 2 is 1.77 bits per heavy atom. The van der Waals surface area contributed by atoms with E-state index in [1.165, 1.54) is 11.1 Å². The first-order chi connectivity index (χ1) is 14.9. The lowest BCUT2D eigenvalue weighted by atomic mass is 9.95. The summed E-state index contributed by atoms with van der Waals surface area (Å²) in [7, 11) is 3.79. The second-order valence-electron chi connectivity index (χ2n) is 8.68. The highest BCUT2D eigenvalue weighted by atomic mass is 16.5. The molecule has 6 nitrogen and oxygen atoms in total. The minimum Gasteiger partial charge on any atom is -0.497 e. The molecule has 0 bridgehead atoms. The maximum Gasteiger partial charge on any atom is 0.257 e. The zero-order valence-electron chi connectivity index (χ0n) is 19.0. The van der Waals surface area contributed by atoms with Crippen molar-refractivity contribution in [1.29, 1.82) is 0 Å². The molecule has 1 amide bonds. The molecule has 0 spiro atoms. The third-order valence-electron chi connectivity index (χ3n) is 6.33. The number of carbonyl (C=O) groups excluding carboxylic acids is 1. The Kier molecular flexibility index (Phi) is 6.39. The standard InChI is InChI=1S/C25H32N4O2/c1-18-5-6-19(2)22(15-18)23-16-24(20-7-9-21(31-4)10-8-20)29(26-23)25(30)17-28-13-11-27(3)12-14-28/h5-10,15,24H,11-14,16-17H2,1-4H3. The van der Waals surface area contributed by atoms with Gasteiger partial charge in [-0.2, -0.15) is 5.10 Å². The van der Waals surface area contributed by atoms with Crippen LogP contribution in [-0.4, -0.2) is 73.3 Å². The Morgan fingerprint density at radius 1 is 1.06 bits per heavy atom. The lowest BCUT2D eigenvalue weighted by molar-refractivity contribution is -0.134. The number of rotatable bonds is 5. The van der Waals surface area contributed by atoms with Crippen LogP contribution in [0.2, 0.25) is 0 Å². The van der Waals surface area contributed by atoms with E-state index in [0.29, 0.717) is 13.0 Å². The van der Waals surface area contributed by atoms with E-state index < -0.39 is 0 Å². The van der Waals surface area contributed by atoms with Crippen LogP contribution in [0.3, 0.4) is 0 Å². The average Bonchev–Trinajstić information content (AvgIpc) is 3.22. The zero-order chi connectivity index (χ0) is 22.0. The molecule has 2 aliphatic rings. The molecule has 31 heavy (non-hydrogen) atoms. The van der Waals surface area contributed by atoms with Gasteiger partial charge in [0.05, 0.1) is 25.4 Å². The van der Waals surface area contributed by atoms with E-state index in [1.54, 1.807) is 12.1 Å².